The molecule has 8 nitrogen and oxygen atoms in total. The number of aryl methyl sites for hydroxylation is 1. The summed E-state index contributed by atoms with van der Waals surface area (Å²) >= 11 is 6.01. The van der Waals surface area contributed by atoms with E-state index in [0.717, 1.165) is 29.7 Å². The number of nitrogens with one attached hydrogen (secondary N) is 2. The fourth-order valence-corrected chi connectivity index (χ4v) is 4.01. The molecule has 1 aromatic carbocycles. The van der Waals surface area contributed by atoms with Gasteiger partial charge in [-0.15, -0.1) is 0 Å². The second-order valence-corrected chi connectivity index (χ2v) is 8.02. The molecule has 2 fully saturated rings. The lowest BCUT2D eigenvalue weighted by Gasteiger charge is -2.36. The molecule has 1 saturated heterocycles. The third-order valence-corrected chi connectivity index (χ3v) is 6.02. The summed E-state index contributed by atoms with van der Waals surface area (Å²) in [6, 6.07) is 4.43. The maximum Gasteiger partial charge on any atom is 0.326 e. The van der Waals surface area contributed by atoms with Crippen LogP contribution >= 0.6 is 11.6 Å². The van der Waals surface area contributed by atoms with Gasteiger partial charge in [0.15, 0.2) is 6.61 Å². The maximum atomic E-state index is 12.8. The van der Waals surface area contributed by atoms with Gasteiger partial charge in [0.2, 0.25) is 0 Å². The number of carbonyl (C=O) groups excluding carboxylic acids is 4. The average Bonchev–Trinajstić information content (AvgIpc) is 2.90. The first kappa shape index (κ1) is 21.1. The summed E-state index contributed by atoms with van der Waals surface area (Å²) in [6.45, 7) is 2.71. The molecular weight excluding hydrogens is 398 g/mol. The van der Waals surface area contributed by atoms with Crippen molar-refractivity contribution in [3.8, 4) is 0 Å². The third kappa shape index (κ3) is 4.37. The minimum atomic E-state index is -0.933. The highest BCUT2D eigenvalue weighted by atomic mass is 35.5. The first-order chi connectivity index (χ1) is 13.7. The molecule has 3 rings (SSSR count). The van der Waals surface area contributed by atoms with Crippen LogP contribution in [0.1, 0.15) is 38.2 Å². The topological polar surface area (TPSA) is 105 Å². The van der Waals surface area contributed by atoms with Crippen molar-refractivity contribution in [2.75, 3.05) is 18.5 Å². The van der Waals surface area contributed by atoms with Crippen LogP contribution < -0.4 is 10.6 Å². The molecule has 1 saturated carbocycles. The van der Waals surface area contributed by atoms with Crippen LogP contribution in [0.15, 0.2) is 18.2 Å². The number of esters is 1. The highest BCUT2D eigenvalue weighted by Crippen LogP contribution is 2.38. The van der Waals surface area contributed by atoms with Crippen molar-refractivity contribution in [3.63, 3.8) is 0 Å². The van der Waals surface area contributed by atoms with Crippen LogP contribution in [0.25, 0.3) is 0 Å². The van der Waals surface area contributed by atoms with E-state index in [1.165, 1.54) is 0 Å². The molecular formula is C20H24ClN3O5. The zero-order chi connectivity index (χ0) is 21.2. The lowest BCUT2D eigenvalue weighted by Crippen LogP contribution is -2.54. The Balaban J connectivity index is 1.52. The summed E-state index contributed by atoms with van der Waals surface area (Å²) in [5.41, 5.74) is 0.413. The van der Waals surface area contributed by atoms with Gasteiger partial charge in [0, 0.05) is 10.7 Å². The molecule has 0 unspecified atom stereocenters. The molecule has 1 spiro atoms. The van der Waals surface area contributed by atoms with Crippen LogP contribution in [0, 0.1) is 12.8 Å². The molecule has 1 aliphatic carbocycles. The van der Waals surface area contributed by atoms with Crippen LogP contribution in [-0.4, -0.2) is 47.4 Å². The van der Waals surface area contributed by atoms with Gasteiger partial charge in [-0.2, -0.15) is 0 Å². The second-order valence-electron chi connectivity index (χ2n) is 7.61. The summed E-state index contributed by atoms with van der Waals surface area (Å²) in [6.07, 6.45) is 3.26. The van der Waals surface area contributed by atoms with Crippen molar-refractivity contribution in [1.82, 2.24) is 10.2 Å². The van der Waals surface area contributed by atoms with Gasteiger partial charge in [0.05, 0.1) is 0 Å². The Morgan fingerprint density at radius 2 is 2.10 bits per heavy atom. The molecule has 0 aromatic heterocycles. The number of halogens is 1. The Hall–Kier alpha value is -2.61. The van der Waals surface area contributed by atoms with Gasteiger partial charge in [-0.05, 0) is 43.4 Å². The number of ether oxygens (including phenoxy) is 1. The number of urea groups is 1. The van der Waals surface area contributed by atoms with Gasteiger partial charge in [-0.3, -0.25) is 19.3 Å². The number of benzene rings is 1. The van der Waals surface area contributed by atoms with Gasteiger partial charge in [-0.25, -0.2) is 4.79 Å². The first-order valence-corrected chi connectivity index (χ1v) is 9.96. The van der Waals surface area contributed by atoms with E-state index in [0.29, 0.717) is 17.1 Å². The largest absolute Gasteiger partial charge is 0.454 e. The predicted octanol–water partition coefficient (Wildman–Crippen LogP) is 2.63. The van der Waals surface area contributed by atoms with Crippen molar-refractivity contribution in [2.24, 2.45) is 5.92 Å². The third-order valence-electron chi connectivity index (χ3n) is 5.61. The van der Waals surface area contributed by atoms with E-state index in [1.54, 1.807) is 18.2 Å². The summed E-state index contributed by atoms with van der Waals surface area (Å²) in [5.74, 6) is -1.77. The first-order valence-electron chi connectivity index (χ1n) is 9.58. The predicted molar refractivity (Wildman–Crippen MR) is 106 cm³/mol. The monoisotopic (exact) mass is 421 g/mol. The average molecular weight is 422 g/mol. The normalized spacial score (nSPS) is 23.8. The van der Waals surface area contributed by atoms with Gasteiger partial charge in [0.1, 0.15) is 12.1 Å². The Bertz CT molecular complexity index is 859. The number of imide groups is 1. The van der Waals surface area contributed by atoms with Crippen molar-refractivity contribution >= 4 is 41.1 Å². The number of amides is 4. The molecule has 156 valence electrons. The number of rotatable bonds is 5. The molecule has 0 bridgehead atoms. The molecule has 1 aromatic rings. The molecule has 2 atom stereocenters. The highest BCUT2D eigenvalue weighted by Gasteiger charge is 2.55. The fourth-order valence-electron chi connectivity index (χ4n) is 3.83. The number of carbonyl (C=O) groups is 4. The van der Waals surface area contributed by atoms with E-state index in [1.807, 2.05) is 13.8 Å². The number of anilines is 1. The van der Waals surface area contributed by atoms with Gasteiger partial charge >= 0.3 is 12.0 Å². The van der Waals surface area contributed by atoms with E-state index < -0.39 is 42.5 Å². The van der Waals surface area contributed by atoms with Crippen LogP contribution in [0.3, 0.4) is 0 Å². The van der Waals surface area contributed by atoms with E-state index in [2.05, 4.69) is 10.6 Å². The maximum absolute atomic E-state index is 12.8. The summed E-state index contributed by atoms with van der Waals surface area (Å²) < 4.78 is 4.93. The number of hydrogen-bond donors (Lipinski definition) is 2. The minimum absolute atomic E-state index is 0.000770. The van der Waals surface area contributed by atoms with Crippen molar-refractivity contribution < 1.29 is 23.9 Å². The van der Waals surface area contributed by atoms with Crippen LogP contribution in [0.2, 0.25) is 5.02 Å². The molecule has 4 amide bonds. The zero-order valence-corrected chi connectivity index (χ0v) is 17.2. The van der Waals surface area contributed by atoms with Crippen molar-refractivity contribution in [2.45, 2.75) is 45.1 Å². The zero-order valence-electron chi connectivity index (χ0n) is 16.4. The quantitative estimate of drug-likeness (QED) is 0.561. The SMILES string of the molecule is Cc1ccc(NC(=O)COC(=O)CN2C(=O)N[C@@]3(CCCC[C@H]3C)C2=O)cc1Cl. The standard InChI is InChI=1S/C20H24ClN3O5/c1-12-6-7-14(9-15(12)21)22-16(25)11-29-17(26)10-24-18(27)20(23-19(24)28)8-4-3-5-13(20)2/h6-7,9,13H,3-5,8,10-11H2,1-2H3,(H,22,25)(H,23,28)/t13-,20-/m1/s1. The Kier molecular flexibility index (Phi) is 6.12. The van der Waals surface area contributed by atoms with Crippen LogP contribution in [0.5, 0.6) is 0 Å². The lowest BCUT2D eigenvalue weighted by molar-refractivity contribution is -0.150. The molecule has 9 heteroatoms. The highest BCUT2D eigenvalue weighted by molar-refractivity contribution is 6.31. The summed E-state index contributed by atoms with van der Waals surface area (Å²) in [4.78, 5) is 50.0. The lowest BCUT2D eigenvalue weighted by atomic mass is 9.73. The van der Waals surface area contributed by atoms with Crippen LogP contribution in [-0.2, 0) is 19.1 Å². The Labute approximate surface area is 173 Å². The number of hydrogen-bond acceptors (Lipinski definition) is 5. The second kappa shape index (κ2) is 8.41. The Morgan fingerprint density at radius 3 is 2.79 bits per heavy atom. The molecule has 2 aliphatic rings. The van der Waals surface area contributed by atoms with E-state index in [-0.39, 0.29) is 5.92 Å². The summed E-state index contributed by atoms with van der Waals surface area (Å²) in [5, 5.41) is 5.84. The van der Waals surface area contributed by atoms with E-state index >= 15 is 0 Å². The summed E-state index contributed by atoms with van der Waals surface area (Å²) in [7, 11) is 0. The van der Waals surface area contributed by atoms with E-state index in [4.69, 9.17) is 16.3 Å². The van der Waals surface area contributed by atoms with Crippen LogP contribution in [0.4, 0.5) is 10.5 Å². The van der Waals surface area contributed by atoms with Crippen molar-refractivity contribution in [1.29, 1.82) is 0 Å². The molecule has 2 N–H and O–H groups in total. The van der Waals surface area contributed by atoms with Gasteiger partial charge < -0.3 is 15.4 Å². The fraction of sp³-hybridized carbons (Fsp3) is 0.500. The van der Waals surface area contributed by atoms with E-state index in [9.17, 15) is 19.2 Å². The smallest absolute Gasteiger partial charge is 0.326 e. The molecule has 29 heavy (non-hydrogen) atoms. The van der Waals surface area contributed by atoms with Crippen molar-refractivity contribution in [3.05, 3.63) is 28.8 Å². The van der Waals surface area contributed by atoms with Gasteiger partial charge in [-0.1, -0.05) is 37.4 Å². The Morgan fingerprint density at radius 1 is 1.34 bits per heavy atom. The molecule has 1 heterocycles. The minimum Gasteiger partial charge on any atom is -0.454 e. The number of nitrogens with zero attached hydrogens (tertiary/aromatic N) is 1. The molecule has 1 aliphatic heterocycles. The van der Waals surface area contributed by atoms with Gasteiger partial charge in [0.25, 0.3) is 11.8 Å². The molecule has 0 radical (unpaired) electrons.